The van der Waals surface area contributed by atoms with Crippen molar-refractivity contribution in [2.45, 2.75) is 26.5 Å². The number of hydrogen-bond donors (Lipinski definition) is 0. The van der Waals surface area contributed by atoms with Gasteiger partial charge in [0.05, 0.1) is 9.93 Å². The summed E-state index contributed by atoms with van der Waals surface area (Å²) in [5.41, 5.74) is 0. The average Bonchev–Trinajstić information content (AvgIpc) is 3.11. The van der Waals surface area contributed by atoms with Crippen molar-refractivity contribution >= 4 is 51.9 Å². The number of rotatable bonds is 5. The molecule has 0 aliphatic carbocycles. The lowest BCUT2D eigenvalue weighted by Crippen LogP contribution is -2.34. The van der Waals surface area contributed by atoms with Crippen LogP contribution >= 0.6 is 35.6 Å². The van der Waals surface area contributed by atoms with E-state index in [4.69, 9.17) is 33.0 Å². The molecule has 8 heteroatoms. The highest BCUT2D eigenvalue weighted by Crippen LogP contribution is 2.34. The van der Waals surface area contributed by atoms with Crippen LogP contribution in [0.1, 0.15) is 25.4 Å². The predicted octanol–water partition coefficient (Wildman–Crippen LogP) is 5.26. The number of hydrogen-bond acceptors (Lipinski definition) is 5. The van der Waals surface area contributed by atoms with Crippen LogP contribution in [0.25, 0.3) is 6.08 Å². The highest BCUT2D eigenvalue weighted by molar-refractivity contribution is 8.26. The van der Waals surface area contributed by atoms with Crippen molar-refractivity contribution in [1.29, 1.82) is 0 Å². The lowest BCUT2D eigenvalue weighted by molar-refractivity contribution is -0.123. The number of thioether (sulfide) groups is 1. The Kier molecular flexibility index (Phi) is 5.70. The number of ether oxygens (including phenoxy) is 1. The van der Waals surface area contributed by atoms with Gasteiger partial charge in [0, 0.05) is 12.1 Å². The molecule has 0 N–H and O–H groups in total. The topological polar surface area (TPSA) is 42.7 Å². The molecule has 1 saturated heterocycles. The number of benzene rings is 1. The Morgan fingerprint density at radius 2 is 2.15 bits per heavy atom. The van der Waals surface area contributed by atoms with Crippen LogP contribution in [0, 0.1) is 5.82 Å². The quantitative estimate of drug-likeness (QED) is 0.496. The van der Waals surface area contributed by atoms with E-state index in [-0.39, 0.29) is 23.6 Å². The maximum absolute atomic E-state index is 13.0. The van der Waals surface area contributed by atoms with Gasteiger partial charge in [0.2, 0.25) is 0 Å². The third-order valence-electron chi connectivity index (χ3n) is 3.56. The SMILES string of the molecule is CC(C)N1C(=O)/C(=C/c2ccc(COc3ccc(F)cc3Cl)o2)SC1=S. The number of thiocarbonyl (C=S) groups is 1. The van der Waals surface area contributed by atoms with Crippen LogP contribution in [0.5, 0.6) is 5.75 Å². The summed E-state index contributed by atoms with van der Waals surface area (Å²) in [6.07, 6.45) is 1.66. The lowest BCUT2D eigenvalue weighted by Gasteiger charge is -2.18. The van der Waals surface area contributed by atoms with E-state index in [0.29, 0.717) is 26.5 Å². The molecule has 0 atom stereocenters. The zero-order valence-electron chi connectivity index (χ0n) is 14.0. The number of furan rings is 1. The molecule has 1 amide bonds. The van der Waals surface area contributed by atoms with E-state index >= 15 is 0 Å². The number of carbonyl (C=O) groups is 1. The fourth-order valence-corrected chi connectivity index (χ4v) is 4.07. The van der Waals surface area contributed by atoms with Gasteiger partial charge in [-0.05, 0) is 44.2 Å². The molecule has 0 radical (unpaired) electrons. The van der Waals surface area contributed by atoms with Crippen molar-refractivity contribution in [2.75, 3.05) is 0 Å². The van der Waals surface area contributed by atoms with E-state index in [1.165, 1.54) is 30.0 Å². The molecule has 1 aromatic carbocycles. The zero-order chi connectivity index (χ0) is 18.8. The minimum absolute atomic E-state index is 0.00872. The van der Waals surface area contributed by atoms with Crippen LogP contribution in [0.4, 0.5) is 4.39 Å². The minimum atomic E-state index is -0.429. The fourth-order valence-electron chi connectivity index (χ4n) is 2.35. The summed E-state index contributed by atoms with van der Waals surface area (Å²) in [5.74, 6) is 0.890. The number of carbonyl (C=O) groups excluding carboxylic acids is 1. The second kappa shape index (κ2) is 7.82. The van der Waals surface area contributed by atoms with Crippen molar-refractivity contribution < 1.29 is 18.3 Å². The van der Waals surface area contributed by atoms with Crippen LogP contribution in [-0.2, 0) is 11.4 Å². The Bertz CT molecular complexity index is 894. The summed E-state index contributed by atoms with van der Waals surface area (Å²) in [6, 6.07) is 7.40. The summed E-state index contributed by atoms with van der Waals surface area (Å²) in [5, 5.41) is 0.189. The van der Waals surface area contributed by atoms with Gasteiger partial charge >= 0.3 is 0 Å². The van der Waals surface area contributed by atoms with Crippen LogP contribution in [0.15, 0.2) is 39.7 Å². The highest BCUT2D eigenvalue weighted by Gasteiger charge is 2.33. The Balaban J connectivity index is 1.68. The monoisotopic (exact) mass is 411 g/mol. The summed E-state index contributed by atoms with van der Waals surface area (Å²) in [4.78, 5) is 14.5. The van der Waals surface area contributed by atoms with Crippen molar-refractivity contribution in [3.63, 3.8) is 0 Å². The summed E-state index contributed by atoms with van der Waals surface area (Å²) < 4.78 is 24.8. The van der Waals surface area contributed by atoms with Gasteiger partial charge in [0.1, 0.15) is 34.0 Å². The van der Waals surface area contributed by atoms with Crippen LogP contribution < -0.4 is 4.74 Å². The molecule has 1 aliphatic heterocycles. The molecule has 1 fully saturated rings. The zero-order valence-corrected chi connectivity index (χ0v) is 16.4. The third kappa shape index (κ3) is 4.11. The largest absolute Gasteiger partial charge is 0.484 e. The van der Waals surface area contributed by atoms with Gasteiger partial charge in [0.15, 0.2) is 0 Å². The molecule has 26 heavy (non-hydrogen) atoms. The van der Waals surface area contributed by atoms with Crippen molar-refractivity contribution in [1.82, 2.24) is 4.90 Å². The second-order valence-corrected chi connectivity index (χ2v) is 7.90. The Morgan fingerprint density at radius 3 is 2.81 bits per heavy atom. The molecular formula is C18H15ClFNO3S2. The second-order valence-electron chi connectivity index (χ2n) is 5.81. The Morgan fingerprint density at radius 1 is 1.38 bits per heavy atom. The van der Waals surface area contributed by atoms with E-state index < -0.39 is 5.82 Å². The van der Waals surface area contributed by atoms with Crippen LogP contribution in [0.3, 0.4) is 0 Å². The molecule has 2 aromatic rings. The summed E-state index contributed by atoms with van der Waals surface area (Å²) in [6.45, 7) is 3.96. The van der Waals surface area contributed by atoms with Gasteiger partial charge in [-0.25, -0.2) is 4.39 Å². The average molecular weight is 412 g/mol. The fraction of sp³-hybridized carbons (Fsp3) is 0.222. The predicted molar refractivity (Wildman–Crippen MR) is 105 cm³/mol. The number of nitrogens with zero attached hydrogens (tertiary/aromatic N) is 1. The van der Waals surface area contributed by atoms with Crippen LogP contribution in [-0.4, -0.2) is 21.2 Å². The van der Waals surface area contributed by atoms with Gasteiger partial charge in [0.25, 0.3) is 5.91 Å². The maximum atomic E-state index is 13.0. The Hall–Kier alpha value is -1.83. The van der Waals surface area contributed by atoms with Crippen molar-refractivity contribution in [3.05, 3.63) is 57.6 Å². The molecule has 0 bridgehead atoms. The molecule has 2 heterocycles. The first kappa shape index (κ1) is 18.9. The first-order valence-electron chi connectivity index (χ1n) is 7.79. The Labute approximate surface area is 164 Å². The van der Waals surface area contributed by atoms with Gasteiger partial charge in [-0.3, -0.25) is 9.69 Å². The molecule has 4 nitrogen and oxygen atoms in total. The normalized spacial score (nSPS) is 16.2. The molecule has 0 spiro atoms. The number of halogens is 2. The van der Waals surface area contributed by atoms with E-state index in [2.05, 4.69) is 0 Å². The van der Waals surface area contributed by atoms with Gasteiger partial charge in [-0.15, -0.1) is 0 Å². The van der Waals surface area contributed by atoms with Gasteiger partial charge in [-0.2, -0.15) is 0 Å². The molecule has 1 aliphatic rings. The molecule has 136 valence electrons. The van der Waals surface area contributed by atoms with E-state index in [9.17, 15) is 9.18 Å². The molecule has 0 unspecified atom stereocenters. The van der Waals surface area contributed by atoms with E-state index in [1.807, 2.05) is 13.8 Å². The molecular weight excluding hydrogens is 397 g/mol. The minimum Gasteiger partial charge on any atom is -0.484 e. The smallest absolute Gasteiger partial charge is 0.266 e. The number of amides is 1. The van der Waals surface area contributed by atoms with Crippen LogP contribution in [0.2, 0.25) is 5.02 Å². The maximum Gasteiger partial charge on any atom is 0.266 e. The van der Waals surface area contributed by atoms with Gasteiger partial charge in [-0.1, -0.05) is 35.6 Å². The first-order chi connectivity index (χ1) is 12.3. The van der Waals surface area contributed by atoms with Gasteiger partial charge < -0.3 is 9.15 Å². The summed E-state index contributed by atoms with van der Waals surface area (Å²) in [7, 11) is 0. The third-order valence-corrected chi connectivity index (χ3v) is 5.19. The van der Waals surface area contributed by atoms with Crippen molar-refractivity contribution in [3.8, 4) is 5.75 Å². The van der Waals surface area contributed by atoms with Crippen molar-refractivity contribution in [2.24, 2.45) is 0 Å². The summed E-state index contributed by atoms with van der Waals surface area (Å²) >= 11 is 12.4. The van der Waals surface area contributed by atoms with E-state index in [0.717, 1.165) is 0 Å². The first-order valence-corrected chi connectivity index (χ1v) is 9.39. The molecule has 1 aromatic heterocycles. The molecule has 0 saturated carbocycles. The lowest BCUT2D eigenvalue weighted by atomic mass is 10.3. The highest BCUT2D eigenvalue weighted by atomic mass is 35.5. The molecule has 3 rings (SSSR count). The van der Waals surface area contributed by atoms with E-state index in [1.54, 1.807) is 23.1 Å². The standard InChI is InChI=1S/C18H15ClFNO3S2/c1-10(2)21-17(22)16(26-18(21)25)8-12-4-5-13(24-12)9-23-15-6-3-11(20)7-14(15)19/h3-8,10H,9H2,1-2H3/b16-8-.